The van der Waals surface area contributed by atoms with E-state index in [1.54, 1.807) is 0 Å². The van der Waals surface area contributed by atoms with Crippen molar-refractivity contribution >= 4 is 0 Å². The highest BCUT2D eigenvalue weighted by molar-refractivity contribution is 5.46. The third kappa shape index (κ3) is 4.24. The molecule has 0 fully saturated rings. The van der Waals surface area contributed by atoms with Crippen LogP contribution in [0.4, 0.5) is 0 Å². The van der Waals surface area contributed by atoms with Gasteiger partial charge in [0.15, 0.2) is 0 Å². The Labute approximate surface area is 142 Å². The quantitative estimate of drug-likeness (QED) is 0.658. The van der Waals surface area contributed by atoms with Gasteiger partial charge in [0.25, 0.3) is 0 Å². The maximum atomic E-state index is 10.6. The van der Waals surface area contributed by atoms with Crippen molar-refractivity contribution in [3.05, 3.63) is 38.9 Å². The van der Waals surface area contributed by atoms with Crippen LogP contribution in [0.2, 0.25) is 0 Å². The zero-order valence-electron chi connectivity index (χ0n) is 15.3. The molecule has 0 radical (unpaired) electrons. The van der Waals surface area contributed by atoms with Crippen molar-refractivity contribution in [2.45, 2.75) is 71.4 Å². The fraction of sp³-hybridized carbons (Fsp3) is 0.667. The first-order valence-corrected chi connectivity index (χ1v) is 8.19. The summed E-state index contributed by atoms with van der Waals surface area (Å²) in [7, 11) is 0. The molecular weight excluding hydrogens is 310 g/mol. The number of aryl methyl sites for hydroxylation is 2. The molecule has 1 heterocycles. The second-order valence-corrected chi connectivity index (χ2v) is 7.88. The van der Waals surface area contributed by atoms with Crippen LogP contribution in [0.3, 0.4) is 0 Å². The van der Waals surface area contributed by atoms with Gasteiger partial charge in [-0.3, -0.25) is 10.1 Å². The van der Waals surface area contributed by atoms with E-state index in [1.165, 1.54) is 6.92 Å². The van der Waals surface area contributed by atoms with Crippen LogP contribution in [0.25, 0.3) is 0 Å². The van der Waals surface area contributed by atoms with E-state index in [4.69, 9.17) is 9.47 Å². The molecule has 0 amide bonds. The lowest BCUT2D eigenvalue weighted by molar-refractivity contribution is -0.499. The molecule has 134 valence electrons. The van der Waals surface area contributed by atoms with Crippen molar-refractivity contribution in [1.82, 2.24) is 0 Å². The van der Waals surface area contributed by atoms with E-state index in [2.05, 4.69) is 0 Å². The number of aliphatic hydroxyl groups is 1. The van der Waals surface area contributed by atoms with Crippen LogP contribution in [-0.4, -0.2) is 28.0 Å². The van der Waals surface area contributed by atoms with Gasteiger partial charge in [0.1, 0.15) is 11.4 Å². The highest BCUT2D eigenvalue weighted by atomic mass is 16.7. The van der Waals surface area contributed by atoms with Gasteiger partial charge >= 0.3 is 0 Å². The SMILES string of the molecule is Cc1cc2c(cc1CCC(C)(O)C[N+](=O)[O-])C(C)(C)OC(C)(C)O2. The average molecular weight is 337 g/mol. The van der Waals surface area contributed by atoms with Gasteiger partial charge in [-0.1, -0.05) is 0 Å². The van der Waals surface area contributed by atoms with Crippen LogP contribution in [0, 0.1) is 17.0 Å². The number of hydrogen-bond acceptors (Lipinski definition) is 5. The summed E-state index contributed by atoms with van der Waals surface area (Å²) in [4.78, 5) is 10.2. The summed E-state index contributed by atoms with van der Waals surface area (Å²) in [6.45, 7) is 10.8. The lowest BCUT2D eigenvalue weighted by Gasteiger charge is -2.43. The predicted octanol–water partition coefficient (Wildman–Crippen LogP) is 3.34. The van der Waals surface area contributed by atoms with Crippen molar-refractivity contribution in [3.63, 3.8) is 0 Å². The van der Waals surface area contributed by atoms with Gasteiger partial charge in [0, 0.05) is 24.3 Å². The largest absolute Gasteiger partial charge is 0.463 e. The third-order valence-corrected chi connectivity index (χ3v) is 4.35. The molecule has 0 spiro atoms. The molecule has 1 atom stereocenters. The van der Waals surface area contributed by atoms with E-state index < -0.39 is 28.5 Å². The molecular formula is C18H27NO5. The van der Waals surface area contributed by atoms with Crippen LogP contribution >= 0.6 is 0 Å². The predicted molar refractivity (Wildman–Crippen MR) is 90.8 cm³/mol. The molecule has 6 nitrogen and oxygen atoms in total. The minimum absolute atomic E-state index is 0.321. The first-order valence-electron chi connectivity index (χ1n) is 8.19. The van der Waals surface area contributed by atoms with Gasteiger partial charge in [-0.25, -0.2) is 0 Å². The molecule has 1 aliphatic heterocycles. The molecule has 0 saturated carbocycles. The van der Waals surface area contributed by atoms with Gasteiger partial charge in [-0.15, -0.1) is 0 Å². The Kier molecular flexibility index (Phi) is 4.67. The number of fused-ring (bicyclic) bond motifs is 1. The van der Waals surface area contributed by atoms with Gasteiger partial charge in [0.2, 0.25) is 12.3 Å². The Morgan fingerprint density at radius 3 is 2.50 bits per heavy atom. The molecule has 0 saturated heterocycles. The Bertz CT molecular complexity index is 649. The van der Waals surface area contributed by atoms with Crippen molar-refractivity contribution < 1.29 is 19.5 Å². The summed E-state index contributed by atoms with van der Waals surface area (Å²) in [5.74, 6) is 0.106. The van der Waals surface area contributed by atoms with Crippen LogP contribution < -0.4 is 4.74 Å². The van der Waals surface area contributed by atoms with Crippen molar-refractivity contribution in [3.8, 4) is 5.75 Å². The Morgan fingerprint density at radius 1 is 1.29 bits per heavy atom. The normalized spacial score (nSPS) is 20.6. The summed E-state index contributed by atoms with van der Waals surface area (Å²) in [5, 5.41) is 20.8. The highest BCUT2D eigenvalue weighted by Gasteiger charge is 2.40. The minimum atomic E-state index is -1.32. The standard InChI is InChI=1S/C18H27NO5/c1-12-9-15-14(16(2,3)24-17(4,5)23-15)10-13(12)7-8-18(6,20)11-19(21)22/h9-10,20H,7-8,11H2,1-6H3. The number of rotatable bonds is 5. The topological polar surface area (TPSA) is 81.8 Å². The van der Waals surface area contributed by atoms with Gasteiger partial charge in [0.05, 0.1) is 5.60 Å². The number of benzene rings is 1. The Balaban J connectivity index is 2.27. The van der Waals surface area contributed by atoms with Crippen molar-refractivity contribution in [1.29, 1.82) is 0 Å². The second-order valence-electron chi connectivity index (χ2n) is 7.88. The molecule has 0 bridgehead atoms. The van der Waals surface area contributed by atoms with E-state index in [9.17, 15) is 15.2 Å². The van der Waals surface area contributed by atoms with E-state index >= 15 is 0 Å². The van der Waals surface area contributed by atoms with Crippen molar-refractivity contribution in [2.24, 2.45) is 0 Å². The summed E-state index contributed by atoms with van der Waals surface area (Å²) < 4.78 is 11.9. The second kappa shape index (κ2) is 6.01. The Morgan fingerprint density at radius 2 is 1.92 bits per heavy atom. The average Bonchev–Trinajstić information content (AvgIpc) is 2.32. The van der Waals surface area contributed by atoms with E-state index in [0.717, 1.165) is 22.4 Å². The fourth-order valence-corrected chi connectivity index (χ4v) is 3.27. The molecule has 2 rings (SSSR count). The molecule has 0 aliphatic carbocycles. The summed E-state index contributed by atoms with van der Waals surface area (Å²) >= 11 is 0. The van der Waals surface area contributed by atoms with Gasteiger partial charge in [-0.2, -0.15) is 0 Å². The number of hydrogen-bond donors (Lipinski definition) is 1. The van der Waals surface area contributed by atoms with Crippen molar-refractivity contribution in [2.75, 3.05) is 6.54 Å². The lowest BCUT2D eigenvalue weighted by Crippen LogP contribution is -2.44. The molecule has 1 N–H and O–H groups in total. The first kappa shape index (κ1) is 18.7. The summed E-state index contributed by atoms with van der Waals surface area (Å²) in [6, 6.07) is 4.01. The molecule has 1 aliphatic rings. The highest BCUT2D eigenvalue weighted by Crippen LogP contribution is 2.43. The van der Waals surface area contributed by atoms with E-state index in [-0.39, 0.29) is 0 Å². The van der Waals surface area contributed by atoms with E-state index in [1.807, 2.05) is 46.8 Å². The molecule has 6 heteroatoms. The molecule has 1 aromatic rings. The van der Waals surface area contributed by atoms with Crippen LogP contribution in [-0.2, 0) is 16.8 Å². The molecule has 1 unspecified atom stereocenters. The fourth-order valence-electron chi connectivity index (χ4n) is 3.27. The first-order chi connectivity index (χ1) is 10.8. The monoisotopic (exact) mass is 337 g/mol. The Hall–Kier alpha value is -1.66. The van der Waals surface area contributed by atoms with Crippen LogP contribution in [0.15, 0.2) is 12.1 Å². The molecule has 24 heavy (non-hydrogen) atoms. The lowest BCUT2D eigenvalue weighted by atomic mass is 9.88. The van der Waals surface area contributed by atoms with Gasteiger partial charge < -0.3 is 14.6 Å². The maximum absolute atomic E-state index is 10.6. The molecule has 0 aromatic heterocycles. The zero-order chi connectivity index (χ0) is 18.3. The number of nitrogens with zero attached hydrogens (tertiary/aromatic N) is 1. The minimum Gasteiger partial charge on any atom is -0.463 e. The zero-order valence-corrected chi connectivity index (χ0v) is 15.3. The molecule has 1 aromatic carbocycles. The number of ether oxygens (including phenoxy) is 2. The number of nitro groups is 1. The third-order valence-electron chi connectivity index (χ3n) is 4.35. The smallest absolute Gasteiger partial charge is 0.231 e. The maximum Gasteiger partial charge on any atom is 0.231 e. The van der Waals surface area contributed by atoms with E-state index in [0.29, 0.717) is 12.8 Å². The van der Waals surface area contributed by atoms with Gasteiger partial charge in [-0.05, 0) is 63.8 Å². The van der Waals surface area contributed by atoms with Crippen LogP contribution in [0.1, 0.15) is 57.7 Å². The summed E-state index contributed by atoms with van der Waals surface area (Å²) in [5.41, 5.74) is 1.21. The summed E-state index contributed by atoms with van der Waals surface area (Å²) in [6.07, 6.45) is 0.876. The van der Waals surface area contributed by atoms with Crippen LogP contribution in [0.5, 0.6) is 5.75 Å².